The first kappa shape index (κ1) is 15.0. The summed E-state index contributed by atoms with van der Waals surface area (Å²) in [6, 6.07) is 20.3. The number of carbonyl (C=O) groups excluding carboxylic acids is 1. The summed E-state index contributed by atoms with van der Waals surface area (Å²) in [5.74, 6) is 0.0805. The third-order valence-corrected chi connectivity index (χ3v) is 3.34. The van der Waals surface area contributed by atoms with Gasteiger partial charge >= 0.3 is 0 Å². The molecular weight excluding hydrogens is 258 g/mol. The van der Waals surface area contributed by atoms with Crippen molar-refractivity contribution < 1.29 is 4.79 Å². The fourth-order valence-electron chi connectivity index (χ4n) is 2.16. The molecule has 2 aromatic rings. The molecule has 0 aromatic heterocycles. The van der Waals surface area contributed by atoms with Gasteiger partial charge < -0.3 is 5.32 Å². The third-order valence-electron chi connectivity index (χ3n) is 3.34. The lowest BCUT2D eigenvalue weighted by Gasteiger charge is -2.17. The zero-order chi connectivity index (χ0) is 14.9. The number of amides is 1. The van der Waals surface area contributed by atoms with Crippen LogP contribution >= 0.6 is 0 Å². The molecule has 1 amide bonds. The van der Waals surface area contributed by atoms with E-state index in [1.165, 1.54) is 5.56 Å². The summed E-state index contributed by atoms with van der Waals surface area (Å²) in [7, 11) is 0. The predicted molar refractivity (Wildman–Crippen MR) is 87.7 cm³/mol. The minimum atomic E-state index is 0.0265. The monoisotopic (exact) mass is 279 g/mol. The molecule has 2 heteroatoms. The first-order valence-electron chi connectivity index (χ1n) is 7.35. The topological polar surface area (TPSA) is 29.1 Å². The van der Waals surface area contributed by atoms with E-state index in [4.69, 9.17) is 0 Å². The molecule has 0 spiro atoms. The van der Waals surface area contributed by atoms with Crippen LogP contribution in [0.25, 0.3) is 6.08 Å². The van der Waals surface area contributed by atoms with Gasteiger partial charge in [-0.15, -0.1) is 0 Å². The van der Waals surface area contributed by atoms with Crippen LogP contribution in [0.3, 0.4) is 0 Å². The van der Waals surface area contributed by atoms with Crippen LogP contribution in [0.5, 0.6) is 0 Å². The average Bonchev–Trinajstić information content (AvgIpc) is 2.55. The lowest BCUT2D eigenvalue weighted by Crippen LogP contribution is -2.27. The molecule has 2 aromatic carbocycles. The second-order valence-electron chi connectivity index (χ2n) is 4.93. The minimum absolute atomic E-state index is 0.0265. The fourth-order valence-corrected chi connectivity index (χ4v) is 2.16. The van der Waals surface area contributed by atoms with Crippen molar-refractivity contribution >= 4 is 12.0 Å². The van der Waals surface area contributed by atoms with Gasteiger partial charge in [-0.25, -0.2) is 0 Å². The quantitative estimate of drug-likeness (QED) is 0.836. The second kappa shape index (κ2) is 8.05. The molecule has 0 aliphatic heterocycles. The Kier molecular flexibility index (Phi) is 5.77. The van der Waals surface area contributed by atoms with Gasteiger partial charge in [0.15, 0.2) is 0 Å². The Balaban J connectivity index is 2.06. The van der Waals surface area contributed by atoms with E-state index in [-0.39, 0.29) is 11.9 Å². The zero-order valence-corrected chi connectivity index (χ0v) is 12.3. The van der Waals surface area contributed by atoms with E-state index in [0.29, 0.717) is 6.42 Å². The molecule has 0 saturated carbocycles. The highest BCUT2D eigenvalue weighted by molar-refractivity contribution is 5.76. The van der Waals surface area contributed by atoms with Gasteiger partial charge in [0.2, 0.25) is 5.91 Å². The lowest BCUT2D eigenvalue weighted by atomic mass is 10.0. The Morgan fingerprint density at radius 2 is 1.67 bits per heavy atom. The van der Waals surface area contributed by atoms with Crippen LogP contribution in [0, 0.1) is 0 Å². The summed E-state index contributed by atoms with van der Waals surface area (Å²) in [5, 5.41) is 3.08. The van der Waals surface area contributed by atoms with Crippen LogP contribution in [-0.2, 0) is 4.79 Å². The number of rotatable bonds is 6. The number of hydrogen-bond acceptors (Lipinski definition) is 1. The molecule has 21 heavy (non-hydrogen) atoms. The SMILES string of the molecule is CCC(=O)N[C@H](C/C=C/c1ccccc1)c1ccccc1. The molecule has 2 rings (SSSR count). The molecule has 2 nitrogen and oxygen atoms in total. The van der Waals surface area contributed by atoms with E-state index in [2.05, 4.69) is 41.7 Å². The van der Waals surface area contributed by atoms with E-state index in [9.17, 15) is 4.79 Å². The van der Waals surface area contributed by atoms with E-state index in [1.807, 2.05) is 43.3 Å². The summed E-state index contributed by atoms with van der Waals surface area (Å²) in [6.45, 7) is 1.87. The fraction of sp³-hybridized carbons (Fsp3) is 0.211. The normalized spacial score (nSPS) is 12.2. The summed E-state index contributed by atoms with van der Waals surface area (Å²) >= 11 is 0. The highest BCUT2D eigenvalue weighted by Gasteiger charge is 2.11. The van der Waals surface area contributed by atoms with Crippen LogP contribution < -0.4 is 5.32 Å². The van der Waals surface area contributed by atoms with Crippen molar-refractivity contribution in [2.75, 3.05) is 0 Å². The van der Waals surface area contributed by atoms with Crippen LogP contribution in [-0.4, -0.2) is 5.91 Å². The van der Waals surface area contributed by atoms with Crippen molar-refractivity contribution in [2.24, 2.45) is 0 Å². The molecule has 0 heterocycles. The Labute approximate surface area is 126 Å². The maximum atomic E-state index is 11.7. The standard InChI is InChI=1S/C19H21NO/c1-2-19(21)20-18(17-13-7-4-8-14-17)15-9-12-16-10-5-3-6-11-16/h3-14,18H,2,15H2,1H3,(H,20,21)/b12-9+/t18-/m1/s1. The van der Waals surface area contributed by atoms with E-state index in [0.717, 1.165) is 12.0 Å². The molecule has 0 bridgehead atoms. The van der Waals surface area contributed by atoms with Gasteiger partial charge in [0.1, 0.15) is 0 Å². The molecule has 1 N–H and O–H groups in total. The first-order chi connectivity index (χ1) is 10.3. The van der Waals surface area contributed by atoms with Gasteiger partial charge in [-0.3, -0.25) is 4.79 Å². The van der Waals surface area contributed by atoms with Crippen molar-refractivity contribution in [1.29, 1.82) is 0 Å². The molecule has 0 aliphatic carbocycles. The van der Waals surface area contributed by atoms with Gasteiger partial charge in [0, 0.05) is 6.42 Å². The minimum Gasteiger partial charge on any atom is -0.349 e. The Bertz CT molecular complexity index is 575. The molecule has 108 valence electrons. The van der Waals surface area contributed by atoms with Crippen LogP contribution in [0.15, 0.2) is 66.7 Å². The Morgan fingerprint density at radius 1 is 1.05 bits per heavy atom. The Hall–Kier alpha value is -2.35. The van der Waals surface area contributed by atoms with Crippen LogP contribution in [0.2, 0.25) is 0 Å². The lowest BCUT2D eigenvalue weighted by molar-refractivity contribution is -0.121. The molecule has 0 fully saturated rings. The van der Waals surface area contributed by atoms with Crippen molar-refractivity contribution in [2.45, 2.75) is 25.8 Å². The number of benzene rings is 2. The van der Waals surface area contributed by atoms with Crippen molar-refractivity contribution in [3.63, 3.8) is 0 Å². The highest BCUT2D eigenvalue weighted by Crippen LogP contribution is 2.18. The second-order valence-corrected chi connectivity index (χ2v) is 4.93. The van der Waals surface area contributed by atoms with Crippen molar-refractivity contribution in [1.82, 2.24) is 5.32 Å². The van der Waals surface area contributed by atoms with Gasteiger partial charge in [0.05, 0.1) is 6.04 Å². The number of nitrogens with one attached hydrogen (secondary N) is 1. The molecule has 1 atom stereocenters. The largest absolute Gasteiger partial charge is 0.349 e. The van der Waals surface area contributed by atoms with Gasteiger partial charge in [-0.2, -0.15) is 0 Å². The summed E-state index contributed by atoms with van der Waals surface area (Å²) in [5.41, 5.74) is 2.31. The third kappa shape index (κ3) is 4.92. The molecular formula is C19H21NO. The summed E-state index contributed by atoms with van der Waals surface area (Å²) in [4.78, 5) is 11.7. The average molecular weight is 279 g/mol. The van der Waals surface area contributed by atoms with Gasteiger partial charge in [-0.1, -0.05) is 79.7 Å². The van der Waals surface area contributed by atoms with Gasteiger partial charge in [0.25, 0.3) is 0 Å². The number of carbonyl (C=O) groups is 1. The molecule has 0 radical (unpaired) electrons. The smallest absolute Gasteiger partial charge is 0.220 e. The van der Waals surface area contributed by atoms with Gasteiger partial charge in [-0.05, 0) is 17.5 Å². The molecule has 0 saturated heterocycles. The summed E-state index contributed by atoms with van der Waals surface area (Å²) in [6.07, 6.45) is 5.49. The Morgan fingerprint density at radius 3 is 2.29 bits per heavy atom. The summed E-state index contributed by atoms with van der Waals surface area (Å²) < 4.78 is 0. The highest BCUT2D eigenvalue weighted by atomic mass is 16.1. The van der Waals surface area contributed by atoms with E-state index < -0.39 is 0 Å². The van der Waals surface area contributed by atoms with Crippen molar-refractivity contribution in [3.05, 3.63) is 77.9 Å². The van der Waals surface area contributed by atoms with Crippen LogP contribution in [0.1, 0.15) is 36.9 Å². The number of hydrogen-bond donors (Lipinski definition) is 1. The van der Waals surface area contributed by atoms with Crippen molar-refractivity contribution in [3.8, 4) is 0 Å². The molecule has 0 aliphatic rings. The maximum Gasteiger partial charge on any atom is 0.220 e. The maximum absolute atomic E-state index is 11.7. The molecule has 0 unspecified atom stereocenters. The van der Waals surface area contributed by atoms with E-state index in [1.54, 1.807) is 0 Å². The predicted octanol–water partition coefficient (Wildman–Crippen LogP) is 4.36. The van der Waals surface area contributed by atoms with Crippen LogP contribution in [0.4, 0.5) is 0 Å². The van der Waals surface area contributed by atoms with E-state index >= 15 is 0 Å². The first-order valence-corrected chi connectivity index (χ1v) is 7.35. The zero-order valence-electron chi connectivity index (χ0n) is 12.3.